The van der Waals surface area contributed by atoms with Crippen molar-refractivity contribution in [3.63, 3.8) is 0 Å². The van der Waals surface area contributed by atoms with Gasteiger partial charge in [0.1, 0.15) is 5.69 Å². The number of para-hydroxylation sites is 1. The molecule has 0 aliphatic heterocycles. The molecule has 0 bridgehead atoms. The van der Waals surface area contributed by atoms with Crippen molar-refractivity contribution < 1.29 is 9.31 Å². The van der Waals surface area contributed by atoms with Gasteiger partial charge in [-0.15, -0.1) is 11.3 Å². The summed E-state index contributed by atoms with van der Waals surface area (Å²) in [5, 5.41) is 14.5. The Kier molecular flexibility index (Phi) is 3.52. The molecule has 1 heterocycles. The van der Waals surface area contributed by atoms with Crippen LogP contribution in [0, 0.1) is 22.9 Å². The van der Waals surface area contributed by atoms with Gasteiger partial charge in [0.15, 0.2) is 0 Å². The van der Waals surface area contributed by atoms with Crippen molar-refractivity contribution in [1.29, 1.82) is 0 Å². The van der Waals surface area contributed by atoms with Crippen molar-refractivity contribution >= 4 is 22.7 Å². The fraction of sp³-hybridized carbons (Fsp3) is 0.182. The minimum Gasteiger partial charge on any atom is -0.374 e. The fourth-order valence-electron chi connectivity index (χ4n) is 1.51. The number of halogens is 1. The van der Waals surface area contributed by atoms with Crippen molar-refractivity contribution in [2.45, 2.75) is 13.5 Å². The zero-order valence-electron chi connectivity index (χ0n) is 9.51. The molecule has 5 nitrogen and oxygen atoms in total. The van der Waals surface area contributed by atoms with Crippen LogP contribution in [0.4, 0.5) is 15.8 Å². The van der Waals surface area contributed by atoms with Crippen LogP contribution in [0.5, 0.6) is 0 Å². The number of benzene rings is 1. The molecule has 0 radical (unpaired) electrons. The number of anilines is 1. The summed E-state index contributed by atoms with van der Waals surface area (Å²) in [6, 6.07) is 3.98. The molecule has 2 rings (SSSR count). The van der Waals surface area contributed by atoms with E-state index in [4.69, 9.17) is 0 Å². The van der Waals surface area contributed by atoms with Gasteiger partial charge in [0, 0.05) is 11.1 Å². The number of hydrogen-bond acceptors (Lipinski definition) is 5. The predicted octanol–water partition coefficient (Wildman–Crippen LogP) is 3.11. The summed E-state index contributed by atoms with van der Waals surface area (Å²) < 4.78 is 13.3. The number of nitro benzene ring substituents is 1. The second kappa shape index (κ2) is 5.09. The summed E-state index contributed by atoms with van der Waals surface area (Å²) in [5.74, 6) is -0.842. The quantitative estimate of drug-likeness (QED) is 0.682. The summed E-state index contributed by atoms with van der Waals surface area (Å²) in [4.78, 5) is 15.1. The lowest BCUT2D eigenvalue weighted by atomic mass is 10.2. The SMILES string of the molecule is Cc1ncc(CNc2cccc(F)c2[N+](=O)[O-])s1. The number of nitrogens with zero attached hydrogens (tertiary/aromatic N) is 2. The molecule has 0 aliphatic rings. The van der Waals surface area contributed by atoms with E-state index >= 15 is 0 Å². The van der Waals surface area contributed by atoms with E-state index in [-0.39, 0.29) is 5.69 Å². The van der Waals surface area contributed by atoms with E-state index < -0.39 is 16.4 Å². The molecule has 0 fully saturated rings. The number of aromatic nitrogens is 1. The van der Waals surface area contributed by atoms with E-state index in [1.54, 1.807) is 6.20 Å². The lowest BCUT2D eigenvalue weighted by molar-refractivity contribution is -0.386. The highest BCUT2D eigenvalue weighted by Gasteiger charge is 2.19. The first-order valence-corrected chi connectivity index (χ1v) is 5.97. The van der Waals surface area contributed by atoms with Crippen LogP contribution in [0.1, 0.15) is 9.88 Å². The second-order valence-electron chi connectivity index (χ2n) is 3.59. The maximum absolute atomic E-state index is 13.3. The number of nitro groups is 1. The van der Waals surface area contributed by atoms with Crippen LogP contribution in [0.15, 0.2) is 24.4 Å². The number of nitrogens with one attached hydrogen (secondary N) is 1. The fourth-order valence-corrected chi connectivity index (χ4v) is 2.25. The molecule has 1 aromatic carbocycles. The smallest absolute Gasteiger partial charge is 0.327 e. The molecule has 1 aromatic heterocycles. The van der Waals surface area contributed by atoms with Gasteiger partial charge >= 0.3 is 5.69 Å². The zero-order chi connectivity index (χ0) is 13.1. The van der Waals surface area contributed by atoms with Crippen molar-refractivity contribution in [1.82, 2.24) is 4.98 Å². The maximum Gasteiger partial charge on any atom is 0.327 e. The van der Waals surface area contributed by atoms with E-state index in [0.29, 0.717) is 6.54 Å². The van der Waals surface area contributed by atoms with E-state index in [1.165, 1.54) is 23.5 Å². The minimum atomic E-state index is -0.842. The Labute approximate surface area is 106 Å². The summed E-state index contributed by atoms with van der Waals surface area (Å²) in [6.07, 6.45) is 1.69. The molecule has 0 unspecified atom stereocenters. The standard InChI is InChI=1S/C11H10FN3O2S/c1-7-13-5-8(18-7)6-14-10-4-2-3-9(12)11(10)15(16)17/h2-5,14H,6H2,1H3. The highest BCUT2D eigenvalue weighted by atomic mass is 32.1. The molecule has 1 N–H and O–H groups in total. The molecule has 0 spiro atoms. The lowest BCUT2D eigenvalue weighted by Crippen LogP contribution is -2.03. The zero-order valence-corrected chi connectivity index (χ0v) is 10.3. The van der Waals surface area contributed by atoms with E-state index in [2.05, 4.69) is 10.3 Å². The molecule has 0 atom stereocenters. The average molecular weight is 267 g/mol. The van der Waals surface area contributed by atoms with Crippen molar-refractivity contribution in [2.24, 2.45) is 0 Å². The molecule has 94 valence electrons. The summed E-state index contributed by atoms with van der Waals surface area (Å²) >= 11 is 1.49. The third kappa shape index (κ3) is 2.62. The molecular formula is C11H10FN3O2S. The topological polar surface area (TPSA) is 68.1 Å². The van der Waals surface area contributed by atoms with Crippen LogP contribution >= 0.6 is 11.3 Å². The van der Waals surface area contributed by atoms with Gasteiger partial charge in [0.2, 0.25) is 5.82 Å². The van der Waals surface area contributed by atoms with Crippen LogP contribution in [-0.2, 0) is 6.54 Å². The predicted molar refractivity (Wildman–Crippen MR) is 67.2 cm³/mol. The van der Waals surface area contributed by atoms with Gasteiger partial charge in [-0.1, -0.05) is 6.07 Å². The first kappa shape index (κ1) is 12.4. The molecule has 0 amide bonds. The van der Waals surface area contributed by atoms with Crippen LogP contribution in [0.3, 0.4) is 0 Å². The van der Waals surface area contributed by atoms with Crippen molar-refractivity contribution in [2.75, 3.05) is 5.32 Å². The van der Waals surface area contributed by atoms with Crippen LogP contribution < -0.4 is 5.32 Å². The van der Waals surface area contributed by atoms with Gasteiger partial charge in [0.05, 0.1) is 16.5 Å². The first-order chi connectivity index (χ1) is 8.58. The molecule has 0 saturated carbocycles. The Morgan fingerprint density at radius 1 is 1.56 bits per heavy atom. The summed E-state index contributed by atoms with van der Waals surface area (Å²) in [6.45, 7) is 2.26. The van der Waals surface area contributed by atoms with Gasteiger partial charge in [-0.05, 0) is 19.1 Å². The Morgan fingerprint density at radius 2 is 2.33 bits per heavy atom. The van der Waals surface area contributed by atoms with Gasteiger partial charge in [-0.25, -0.2) is 4.98 Å². The summed E-state index contributed by atoms with van der Waals surface area (Å²) in [7, 11) is 0. The Morgan fingerprint density at radius 3 is 2.94 bits per heavy atom. The number of rotatable bonds is 4. The van der Waals surface area contributed by atoms with E-state index in [9.17, 15) is 14.5 Å². The summed E-state index contributed by atoms with van der Waals surface area (Å²) in [5.41, 5.74) is -0.357. The highest BCUT2D eigenvalue weighted by Crippen LogP contribution is 2.27. The van der Waals surface area contributed by atoms with Gasteiger partial charge in [-0.2, -0.15) is 4.39 Å². The minimum absolute atomic E-state index is 0.172. The molecule has 0 aliphatic carbocycles. The molecular weight excluding hydrogens is 257 g/mol. The normalized spacial score (nSPS) is 10.3. The second-order valence-corrected chi connectivity index (χ2v) is 4.91. The van der Waals surface area contributed by atoms with Crippen LogP contribution in [0.2, 0.25) is 0 Å². The van der Waals surface area contributed by atoms with Crippen LogP contribution in [-0.4, -0.2) is 9.91 Å². The first-order valence-electron chi connectivity index (χ1n) is 5.16. The molecule has 2 aromatic rings. The van der Waals surface area contributed by atoms with E-state index in [1.807, 2.05) is 6.92 Å². The Hall–Kier alpha value is -2.02. The largest absolute Gasteiger partial charge is 0.374 e. The molecule has 18 heavy (non-hydrogen) atoms. The number of thiazole rings is 1. The van der Waals surface area contributed by atoms with Gasteiger partial charge in [-0.3, -0.25) is 10.1 Å². The monoisotopic (exact) mass is 267 g/mol. The number of aryl methyl sites for hydroxylation is 1. The molecule has 7 heteroatoms. The van der Waals surface area contributed by atoms with Crippen molar-refractivity contribution in [3.05, 3.63) is 50.2 Å². The van der Waals surface area contributed by atoms with Gasteiger partial charge < -0.3 is 5.32 Å². The number of hydrogen-bond donors (Lipinski definition) is 1. The third-order valence-electron chi connectivity index (χ3n) is 2.29. The van der Waals surface area contributed by atoms with Crippen LogP contribution in [0.25, 0.3) is 0 Å². The lowest BCUT2D eigenvalue weighted by Gasteiger charge is -2.05. The van der Waals surface area contributed by atoms with E-state index in [0.717, 1.165) is 16.0 Å². The Bertz CT molecular complexity index is 585. The maximum atomic E-state index is 13.3. The Balaban J connectivity index is 2.19. The third-order valence-corrected chi connectivity index (χ3v) is 3.20. The highest BCUT2D eigenvalue weighted by molar-refractivity contribution is 7.11. The average Bonchev–Trinajstić information content (AvgIpc) is 2.72. The molecule has 0 saturated heterocycles. The van der Waals surface area contributed by atoms with Crippen molar-refractivity contribution in [3.8, 4) is 0 Å². The van der Waals surface area contributed by atoms with Gasteiger partial charge in [0.25, 0.3) is 0 Å².